The number of carbonyl (C=O) groups excluding carboxylic acids is 1. The molecule has 1 aromatic rings. The quantitative estimate of drug-likeness (QED) is 0.819. The van der Waals surface area contributed by atoms with Crippen LogP contribution in [0.3, 0.4) is 0 Å². The van der Waals surface area contributed by atoms with Gasteiger partial charge in [-0.1, -0.05) is 6.92 Å². The topological polar surface area (TPSA) is 51.7 Å². The Kier molecular flexibility index (Phi) is 5.09. The van der Waals surface area contributed by atoms with E-state index in [9.17, 15) is 4.79 Å². The Hall–Kier alpha value is -1.46. The molecule has 1 amide bonds. The second kappa shape index (κ2) is 6.81. The predicted octanol–water partition coefficient (Wildman–Crippen LogP) is 1.52. The first-order valence-electron chi connectivity index (χ1n) is 6.96. The van der Waals surface area contributed by atoms with E-state index in [1.165, 1.54) is 0 Å². The first kappa shape index (κ1) is 14.9. The van der Waals surface area contributed by atoms with Crippen molar-refractivity contribution in [2.45, 2.75) is 31.9 Å². The molecule has 2 heterocycles. The van der Waals surface area contributed by atoms with Crippen molar-refractivity contribution in [3.05, 3.63) is 29.6 Å². The molecule has 1 aliphatic rings. The number of methoxy groups -OCH3 is 2. The van der Waals surface area contributed by atoms with Crippen LogP contribution in [0.15, 0.2) is 18.5 Å². The fraction of sp³-hybridized carbons (Fsp3) is 0.600. The minimum Gasteiger partial charge on any atom is -0.383 e. The second-order valence-corrected chi connectivity index (χ2v) is 5.10. The highest BCUT2D eigenvalue weighted by Crippen LogP contribution is 2.22. The molecule has 0 aliphatic carbocycles. The van der Waals surface area contributed by atoms with Gasteiger partial charge in [0.2, 0.25) is 0 Å². The zero-order valence-corrected chi connectivity index (χ0v) is 12.3. The molecule has 0 unspecified atom stereocenters. The van der Waals surface area contributed by atoms with E-state index in [-0.39, 0.29) is 18.1 Å². The van der Waals surface area contributed by atoms with Gasteiger partial charge in [0.05, 0.1) is 24.3 Å². The molecule has 2 atom stereocenters. The van der Waals surface area contributed by atoms with Crippen molar-refractivity contribution in [2.24, 2.45) is 0 Å². The molecule has 0 saturated carbocycles. The average Bonchev–Trinajstić information content (AvgIpc) is 2.90. The number of hydrogen-bond acceptors (Lipinski definition) is 4. The van der Waals surface area contributed by atoms with Gasteiger partial charge in [0, 0.05) is 33.2 Å². The molecule has 1 aliphatic heterocycles. The summed E-state index contributed by atoms with van der Waals surface area (Å²) in [5, 5.41) is 0. The van der Waals surface area contributed by atoms with Crippen molar-refractivity contribution in [3.8, 4) is 0 Å². The van der Waals surface area contributed by atoms with Gasteiger partial charge in [-0.05, 0) is 24.5 Å². The van der Waals surface area contributed by atoms with Crippen LogP contribution in [0.2, 0.25) is 0 Å². The lowest BCUT2D eigenvalue weighted by molar-refractivity contribution is 0.0611. The molecule has 0 spiro atoms. The number of hydrogen-bond donors (Lipinski definition) is 0. The molecule has 0 radical (unpaired) electrons. The van der Waals surface area contributed by atoms with Gasteiger partial charge >= 0.3 is 0 Å². The van der Waals surface area contributed by atoms with E-state index in [0.717, 1.165) is 18.4 Å². The highest BCUT2D eigenvalue weighted by Gasteiger charge is 2.35. The van der Waals surface area contributed by atoms with Crippen molar-refractivity contribution < 1.29 is 14.3 Å². The lowest BCUT2D eigenvalue weighted by Crippen LogP contribution is -2.38. The van der Waals surface area contributed by atoms with E-state index < -0.39 is 0 Å². The number of nitrogens with zero attached hydrogens (tertiary/aromatic N) is 2. The summed E-state index contributed by atoms with van der Waals surface area (Å²) in [7, 11) is 3.34. The Morgan fingerprint density at radius 3 is 2.90 bits per heavy atom. The minimum atomic E-state index is 0.00870. The molecule has 1 saturated heterocycles. The van der Waals surface area contributed by atoms with Crippen molar-refractivity contribution in [3.63, 3.8) is 0 Å². The Bertz CT molecular complexity index is 464. The van der Waals surface area contributed by atoms with Crippen LogP contribution in [0.4, 0.5) is 0 Å². The van der Waals surface area contributed by atoms with Crippen LogP contribution in [-0.2, 0) is 15.9 Å². The Morgan fingerprint density at radius 1 is 1.45 bits per heavy atom. The molecule has 0 bridgehead atoms. The van der Waals surface area contributed by atoms with Gasteiger partial charge in [0.1, 0.15) is 0 Å². The predicted molar refractivity (Wildman–Crippen MR) is 75.7 cm³/mol. The van der Waals surface area contributed by atoms with Crippen LogP contribution in [0.1, 0.15) is 29.3 Å². The Balaban J connectivity index is 2.17. The summed E-state index contributed by atoms with van der Waals surface area (Å²) in [6.45, 7) is 3.20. The average molecular weight is 278 g/mol. The number of carbonyl (C=O) groups is 1. The maximum atomic E-state index is 12.6. The third-order valence-electron chi connectivity index (χ3n) is 3.78. The third-order valence-corrected chi connectivity index (χ3v) is 3.78. The maximum absolute atomic E-state index is 12.6. The molecule has 0 N–H and O–H groups in total. The first-order valence-corrected chi connectivity index (χ1v) is 6.96. The second-order valence-electron chi connectivity index (χ2n) is 5.10. The van der Waals surface area contributed by atoms with Crippen LogP contribution in [-0.4, -0.2) is 55.3 Å². The van der Waals surface area contributed by atoms with E-state index in [1.807, 2.05) is 11.0 Å². The summed E-state index contributed by atoms with van der Waals surface area (Å²) in [5.74, 6) is 0.00870. The van der Waals surface area contributed by atoms with Crippen LogP contribution in [0.25, 0.3) is 0 Å². The summed E-state index contributed by atoms with van der Waals surface area (Å²) in [6, 6.07) is 1.99. The molecule has 110 valence electrons. The summed E-state index contributed by atoms with van der Waals surface area (Å²) in [4.78, 5) is 18.6. The van der Waals surface area contributed by atoms with E-state index in [0.29, 0.717) is 18.7 Å². The lowest BCUT2D eigenvalue weighted by atomic mass is 10.1. The summed E-state index contributed by atoms with van der Waals surface area (Å²) in [5.41, 5.74) is 1.71. The number of likely N-dealkylation sites (tertiary alicyclic amines) is 1. The summed E-state index contributed by atoms with van der Waals surface area (Å²) < 4.78 is 10.6. The van der Waals surface area contributed by atoms with E-state index in [1.54, 1.807) is 26.6 Å². The molecule has 5 heteroatoms. The largest absolute Gasteiger partial charge is 0.383 e. The van der Waals surface area contributed by atoms with E-state index >= 15 is 0 Å². The number of aromatic nitrogens is 1. The zero-order valence-electron chi connectivity index (χ0n) is 12.3. The van der Waals surface area contributed by atoms with Crippen LogP contribution in [0, 0.1) is 0 Å². The number of aryl methyl sites for hydroxylation is 1. The van der Waals surface area contributed by atoms with Crippen molar-refractivity contribution >= 4 is 5.91 Å². The Morgan fingerprint density at radius 2 is 2.25 bits per heavy atom. The van der Waals surface area contributed by atoms with Gasteiger partial charge in [-0.3, -0.25) is 9.78 Å². The van der Waals surface area contributed by atoms with Crippen molar-refractivity contribution in [2.75, 3.05) is 27.4 Å². The van der Waals surface area contributed by atoms with E-state index in [2.05, 4.69) is 11.9 Å². The number of pyridine rings is 1. The van der Waals surface area contributed by atoms with Gasteiger partial charge in [-0.15, -0.1) is 0 Å². The van der Waals surface area contributed by atoms with Crippen LogP contribution >= 0.6 is 0 Å². The van der Waals surface area contributed by atoms with Crippen molar-refractivity contribution in [1.82, 2.24) is 9.88 Å². The number of amides is 1. The first-order chi connectivity index (χ1) is 9.69. The molecule has 2 rings (SSSR count). The standard InChI is InChI=1S/C15H22N2O3/c1-4-11-5-12(8-16-7-11)15(18)17-9-14(20-3)6-13(17)10-19-2/h5,7-8,13-14H,4,6,9-10H2,1-3H3/t13-,14+/m0/s1. The third kappa shape index (κ3) is 3.16. The highest BCUT2D eigenvalue weighted by molar-refractivity contribution is 5.94. The smallest absolute Gasteiger partial charge is 0.255 e. The molecule has 0 aromatic carbocycles. The SMILES string of the molecule is CCc1cncc(C(=O)N2C[C@H](OC)C[C@H]2COC)c1. The lowest BCUT2D eigenvalue weighted by Gasteiger charge is -2.23. The molecular weight excluding hydrogens is 256 g/mol. The van der Waals surface area contributed by atoms with Crippen LogP contribution in [0.5, 0.6) is 0 Å². The number of ether oxygens (including phenoxy) is 2. The van der Waals surface area contributed by atoms with Gasteiger partial charge in [-0.2, -0.15) is 0 Å². The Labute approximate surface area is 119 Å². The van der Waals surface area contributed by atoms with Crippen LogP contribution < -0.4 is 0 Å². The molecule has 1 aromatic heterocycles. The molecule has 20 heavy (non-hydrogen) atoms. The maximum Gasteiger partial charge on any atom is 0.255 e. The van der Waals surface area contributed by atoms with Gasteiger partial charge < -0.3 is 14.4 Å². The molecule has 5 nitrogen and oxygen atoms in total. The molecule has 1 fully saturated rings. The number of rotatable bonds is 5. The fourth-order valence-corrected chi connectivity index (χ4v) is 2.61. The molecular formula is C15H22N2O3. The highest BCUT2D eigenvalue weighted by atomic mass is 16.5. The van der Waals surface area contributed by atoms with Gasteiger partial charge in [-0.25, -0.2) is 0 Å². The summed E-state index contributed by atoms with van der Waals surface area (Å²) in [6.07, 6.45) is 5.20. The van der Waals surface area contributed by atoms with Crippen molar-refractivity contribution in [1.29, 1.82) is 0 Å². The fourth-order valence-electron chi connectivity index (χ4n) is 2.61. The van der Waals surface area contributed by atoms with Gasteiger partial charge in [0.15, 0.2) is 0 Å². The van der Waals surface area contributed by atoms with E-state index in [4.69, 9.17) is 9.47 Å². The minimum absolute atomic E-state index is 0.00870. The zero-order chi connectivity index (χ0) is 14.5. The summed E-state index contributed by atoms with van der Waals surface area (Å²) >= 11 is 0. The normalized spacial score (nSPS) is 22.2. The van der Waals surface area contributed by atoms with Gasteiger partial charge in [0.25, 0.3) is 5.91 Å². The monoisotopic (exact) mass is 278 g/mol.